The molecule has 0 radical (unpaired) electrons. The Hall–Kier alpha value is -0.120. The first-order valence-electron chi connectivity index (χ1n) is 7.75. The van der Waals surface area contributed by atoms with Crippen LogP contribution in [0.3, 0.4) is 0 Å². The first-order valence-corrected chi connectivity index (χ1v) is 7.75. The van der Waals surface area contributed by atoms with Gasteiger partial charge < -0.3 is 10.2 Å². The minimum absolute atomic E-state index is 0.480. The molecule has 3 nitrogen and oxygen atoms in total. The van der Waals surface area contributed by atoms with Crippen LogP contribution in [0.4, 0.5) is 0 Å². The van der Waals surface area contributed by atoms with E-state index in [9.17, 15) is 0 Å². The van der Waals surface area contributed by atoms with Crippen LogP contribution in [0.1, 0.15) is 45.4 Å². The Morgan fingerprint density at radius 3 is 2.61 bits per heavy atom. The zero-order chi connectivity index (χ0) is 13.0. The Morgan fingerprint density at radius 1 is 1.22 bits per heavy atom. The molecule has 2 fully saturated rings. The van der Waals surface area contributed by atoms with E-state index >= 15 is 0 Å². The smallest absolute Gasteiger partial charge is 0.0309 e. The van der Waals surface area contributed by atoms with E-state index in [4.69, 9.17) is 0 Å². The summed E-state index contributed by atoms with van der Waals surface area (Å²) in [4.78, 5) is 5.02. The molecule has 1 unspecified atom stereocenters. The number of nitrogens with one attached hydrogen (secondary N) is 1. The minimum atomic E-state index is 0.480. The molecule has 0 aromatic rings. The van der Waals surface area contributed by atoms with Crippen LogP contribution in [0.5, 0.6) is 0 Å². The zero-order valence-corrected chi connectivity index (χ0v) is 12.5. The van der Waals surface area contributed by atoms with Crippen LogP contribution in [-0.2, 0) is 0 Å². The molecule has 1 saturated heterocycles. The molecule has 1 N–H and O–H groups in total. The molecule has 0 aromatic heterocycles. The molecule has 1 saturated carbocycles. The van der Waals surface area contributed by atoms with Crippen LogP contribution in [0.25, 0.3) is 0 Å². The van der Waals surface area contributed by atoms with Crippen LogP contribution >= 0.6 is 0 Å². The number of unbranched alkanes of at least 4 members (excludes halogenated alkanes) is 1. The van der Waals surface area contributed by atoms with Crippen molar-refractivity contribution in [2.75, 3.05) is 40.3 Å². The van der Waals surface area contributed by atoms with E-state index < -0.39 is 0 Å². The number of piperazine rings is 1. The number of rotatable bonds is 5. The van der Waals surface area contributed by atoms with Gasteiger partial charge >= 0.3 is 0 Å². The second-order valence-corrected chi connectivity index (χ2v) is 6.70. The fourth-order valence-corrected chi connectivity index (χ4v) is 3.52. The lowest BCUT2D eigenvalue weighted by atomic mass is 9.92. The molecule has 1 heterocycles. The van der Waals surface area contributed by atoms with Gasteiger partial charge in [0.1, 0.15) is 0 Å². The van der Waals surface area contributed by atoms with E-state index in [0.717, 1.165) is 6.04 Å². The standard InChI is InChI=1S/C15H31N3/c1-14-12-16-15(8-4-5-9-15)13-18(14)11-7-6-10-17(2)3/h14,16H,4-13H2,1-3H3. The maximum absolute atomic E-state index is 3.83. The van der Waals surface area contributed by atoms with Gasteiger partial charge in [-0.05, 0) is 59.8 Å². The van der Waals surface area contributed by atoms with Crippen molar-refractivity contribution < 1.29 is 0 Å². The third kappa shape index (κ3) is 3.69. The van der Waals surface area contributed by atoms with Gasteiger partial charge in [0, 0.05) is 24.7 Å². The van der Waals surface area contributed by atoms with E-state index in [2.05, 4.69) is 36.1 Å². The second-order valence-electron chi connectivity index (χ2n) is 6.70. The molecule has 0 amide bonds. The largest absolute Gasteiger partial charge is 0.309 e. The van der Waals surface area contributed by atoms with Crippen LogP contribution < -0.4 is 5.32 Å². The zero-order valence-electron chi connectivity index (χ0n) is 12.5. The lowest BCUT2D eigenvalue weighted by molar-refractivity contribution is 0.0870. The number of nitrogens with zero attached hydrogens (tertiary/aromatic N) is 2. The van der Waals surface area contributed by atoms with E-state index in [1.807, 2.05) is 0 Å². The molecular formula is C15H31N3. The maximum atomic E-state index is 3.83. The van der Waals surface area contributed by atoms with Crippen molar-refractivity contribution in [1.82, 2.24) is 15.1 Å². The first kappa shape index (κ1) is 14.3. The van der Waals surface area contributed by atoms with Gasteiger partial charge in [0.05, 0.1) is 0 Å². The molecule has 106 valence electrons. The van der Waals surface area contributed by atoms with Crippen LogP contribution in [0.15, 0.2) is 0 Å². The van der Waals surface area contributed by atoms with Crippen molar-refractivity contribution in [3.05, 3.63) is 0 Å². The van der Waals surface area contributed by atoms with Crippen molar-refractivity contribution in [1.29, 1.82) is 0 Å². The minimum Gasteiger partial charge on any atom is -0.309 e. The van der Waals surface area contributed by atoms with Gasteiger partial charge in [-0.2, -0.15) is 0 Å². The number of hydrogen-bond acceptors (Lipinski definition) is 3. The fourth-order valence-electron chi connectivity index (χ4n) is 3.52. The summed E-state index contributed by atoms with van der Waals surface area (Å²) < 4.78 is 0. The highest BCUT2D eigenvalue weighted by atomic mass is 15.2. The normalized spacial score (nSPS) is 28.3. The summed E-state index contributed by atoms with van der Waals surface area (Å²) in [6.45, 7) is 7.37. The predicted molar refractivity (Wildman–Crippen MR) is 78.0 cm³/mol. The highest BCUT2D eigenvalue weighted by Crippen LogP contribution is 2.33. The molecule has 18 heavy (non-hydrogen) atoms. The molecule has 2 aliphatic rings. The van der Waals surface area contributed by atoms with Crippen LogP contribution in [-0.4, -0.2) is 61.7 Å². The highest BCUT2D eigenvalue weighted by Gasteiger charge is 2.39. The molecule has 3 heteroatoms. The van der Waals surface area contributed by atoms with Crippen molar-refractivity contribution in [3.8, 4) is 0 Å². The quantitative estimate of drug-likeness (QED) is 0.755. The number of hydrogen-bond donors (Lipinski definition) is 1. The summed E-state index contributed by atoms with van der Waals surface area (Å²) in [5, 5.41) is 3.83. The van der Waals surface area contributed by atoms with Gasteiger partial charge in [-0.15, -0.1) is 0 Å². The van der Waals surface area contributed by atoms with E-state index in [1.165, 1.54) is 64.7 Å². The maximum Gasteiger partial charge on any atom is 0.0309 e. The van der Waals surface area contributed by atoms with E-state index in [-0.39, 0.29) is 0 Å². The van der Waals surface area contributed by atoms with Gasteiger partial charge in [-0.25, -0.2) is 0 Å². The van der Waals surface area contributed by atoms with Crippen molar-refractivity contribution in [2.45, 2.75) is 57.0 Å². The summed E-state index contributed by atoms with van der Waals surface area (Å²) in [5.74, 6) is 0. The summed E-state index contributed by atoms with van der Waals surface area (Å²) in [6.07, 6.45) is 8.32. The van der Waals surface area contributed by atoms with Gasteiger partial charge in [-0.3, -0.25) is 4.90 Å². The third-order valence-electron chi connectivity index (χ3n) is 4.76. The summed E-state index contributed by atoms with van der Waals surface area (Å²) >= 11 is 0. The van der Waals surface area contributed by atoms with Gasteiger partial charge in [-0.1, -0.05) is 12.8 Å². The van der Waals surface area contributed by atoms with Crippen LogP contribution in [0.2, 0.25) is 0 Å². The monoisotopic (exact) mass is 253 g/mol. The second kappa shape index (κ2) is 6.36. The van der Waals surface area contributed by atoms with Crippen molar-refractivity contribution in [3.63, 3.8) is 0 Å². The Bertz CT molecular complexity index is 246. The average molecular weight is 253 g/mol. The molecule has 1 aliphatic heterocycles. The summed E-state index contributed by atoms with van der Waals surface area (Å²) in [5.41, 5.74) is 0.480. The first-order chi connectivity index (χ1) is 8.61. The molecule has 1 atom stereocenters. The van der Waals surface area contributed by atoms with Gasteiger partial charge in [0.15, 0.2) is 0 Å². The molecule has 1 spiro atoms. The Labute approximate surface area is 113 Å². The van der Waals surface area contributed by atoms with Crippen molar-refractivity contribution >= 4 is 0 Å². The van der Waals surface area contributed by atoms with Crippen molar-refractivity contribution in [2.24, 2.45) is 0 Å². The fraction of sp³-hybridized carbons (Fsp3) is 1.00. The average Bonchev–Trinajstić information content (AvgIpc) is 2.77. The summed E-state index contributed by atoms with van der Waals surface area (Å²) in [7, 11) is 4.34. The van der Waals surface area contributed by atoms with Gasteiger partial charge in [0.25, 0.3) is 0 Å². The molecule has 0 bridgehead atoms. The lowest BCUT2D eigenvalue weighted by Gasteiger charge is -2.45. The molecular weight excluding hydrogens is 222 g/mol. The Morgan fingerprint density at radius 2 is 1.94 bits per heavy atom. The molecule has 2 rings (SSSR count). The third-order valence-corrected chi connectivity index (χ3v) is 4.76. The Kier molecular flexibility index (Phi) is 5.05. The molecule has 1 aliphatic carbocycles. The summed E-state index contributed by atoms with van der Waals surface area (Å²) in [6, 6.07) is 0.718. The van der Waals surface area contributed by atoms with Crippen LogP contribution in [0, 0.1) is 0 Å². The molecule has 0 aromatic carbocycles. The topological polar surface area (TPSA) is 18.5 Å². The van der Waals surface area contributed by atoms with E-state index in [1.54, 1.807) is 0 Å². The predicted octanol–water partition coefficient (Wildman–Crippen LogP) is 1.93. The Balaban J connectivity index is 1.75. The van der Waals surface area contributed by atoms with E-state index in [0.29, 0.717) is 5.54 Å². The van der Waals surface area contributed by atoms with Gasteiger partial charge in [0.2, 0.25) is 0 Å². The lowest BCUT2D eigenvalue weighted by Crippen LogP contribution is -2.62. The SMILES string of the molecule is CC1CNC2(CCCC2)CN1CCCCN(C)C. The highest BCUT2D eigenvalue weighted by molar-refractivity contribution is 5.00.